The van der Waals surface area contributed by atoms with E-state index in [1.807, 2.05) is 19.1 Å². The molecule has 19 heavy (non-hydrogen) atoms. The minimum Gasteiger partial charge on any atom is -0.289 e. The van der Waals surface area contributed by atoms with Crippen LogP contribution in [0.5, 0.6) is 0 Å². The van der Waals surface area contributed by atoms with Gasteiger partial charge in [0.2, 0.25) is 0 Å². The molecule has 0 spiro atoms. The molecule has 0 amide bonds. The molecule has 0 N–H and O–H groups in total. The first-order chi connectivity index (χ1) is 9.09. The van der Waals surface area contributed by atoms with Gasteiger partial charge in [-0.3, -0.25) is 9.59 Å². The van der Waals surface area contributed by atoms with Gasteiger partial charge in [0.1, 0.15) is 0 Å². The van der Waals surface area contributed by atoms with Crippen LogP contribution in [0.15, 0.2) is 42.5 Å². The van der Waals surface area contributed by atoms with E-state index in [1.54, 1.807) is 30.3 Å². The lowest BCUT2D eigenvalue weighted by Crippen LogP contribution is -2.20. The summed E-state index contributed by atoms with van der Waals surface area (Å²) in [5, 5.41) is 0. The fraction of sp³-hybridized carbons (Fsp3) is 0.125. The van der Waals surface area contributed by atoms with Crippen LogP contribution in [0.1, 0.15) is 49.2 Å². The quantitative estimate of drug-likeness (QED) is 0.638. The number of fused-ring (bicyclic) bond motifs is 2. The van der Waals surface area contributed by atoms with E-state index in [9.17, 15) is 9.59 Å². The number of ketones is 2. The Bertz CT molecular complexity index is 702. The van der Waals surface area contributed by atoms with E-state index in [4.69, 9.17) is 0 Å². The predicted molar refractivity (Wildman–Crippen MR) is 77.1 cm³/mol. The van der Waals surface area contributed by atoms with Crippen LogP contribution < -0.4 is 0 Å². The Hall–Kier alpha value is -1.74. The highest BCUT2D eigenvalue weighted by atomic mass is 79.9. The highest BCUT2D eigenvalue weighted by Gasteiger charge is 2.29. The SMILES string of the molecule is CC(Br)c1ccc2c(c1)C(=O)c1ccccc1C2=O. The second-order valence-electron chi connectivity index (χ2n) is 4.62. The molecule has 0 saturated heterocycles. The minimum absolute atomic E-state index is 0.0693. The van der Waals surface area contributed by atoms with Crippen molar-refractivity contribution in [2.75, 3.05) is 0 Å². The van der Waals surface area contributed by atoms with Crippen molar-refractivity contribution in [1.29, 1.82) is 0 Å². The van der Waals surface area contributed by atoms with Gasteiger partial charge in [-0.1, -0.05) is 46.3 Å². The van der Waals surface area contributed by atoms with Gasteiger partial charge in [0.25, 0.3) is 0 Å². The van der Waals surface area contributed by atoms with Crippen LogP contribution in [0.3, 0.4) is 0 Å². The molecule has 1 aliphatic carbocycles. The summed E-state index contributed by atoms with van der Waals surface area (Å²) in [5.74, 6) is -0.140. The van der Waals surface area contributed by atoms with E-state index in [0.29, 0.717) is 22.3 Å². The van der Waals surface area contributed by atoms with Crippen molar-refractivity contribution in [1.82, 2.24) is 0 Å². The number of benzene rings is 2. The topological polar surface area (TPSA) is 34.1 Å². The van der Waals surface area contributed by atoms with Gasteiger partial charge in [-0.15, -0.1) is 0 Å². The molecular weight excluding hydrogens is 304 g/mol. The zero-order valence-corrected chi connectivity index (χ0v) is 11.9. The molecule has 0 aromatic heterocycles. The fourth-order valence-corrected chi connectivity index (χ4v) is 2.65. The molecule has 1 atom stereocenters. The van der Waals surface area contributed by atoms with Crippen LogP contribution in [-0.2, 0) is 0 Å². The molecular formula is C16H11BrO2. The Morgan fingerprint density at radius 2 is 1.37 bits per heavy atom. The lowest BCUT2D eigenvalue weighted by Gasteiger charge is -2.18. The van der Waals surface area contributed by atoms with Gasteiger partial charge in [0.05, 0.1) is 0 Å². The number of rotatable bonds is 1. The maximum Gasteiger partial charge on any atom is 0.194 e. The predicted octanol–water partition coefficient (Wildman–Crippen LogP) is 3.92. The maximum absolute atomic E-state index is 12.5. The van der Waals surface area contributed by atoms with E-state index in [0.717, 1.165) is 5.56 Å². The number of carbonyl (C=O) groups excluding carboxylic acids is 2. The maximum atomic E-state index is 12.5. The summed E-state index contributed by atoms with van der Waals surface area (Å²) >= 11 is 3.48. The molecule has 0 bridgehead atoms. The highest BCUT2D eigenvalue weighted by Crippen LogP contribution is 2.30. The zero-order valence-electron chi connectivity index (χ0n) is 10.3. The molecule has 1 aliphatic rings. The smallest absolute Gasteiger partial charge is 0.194 e. The molecule has 0 heterocycles. The van der Waals surface area contributed by atoms with Gasteiger partial charge < -0.3 is 0 Å². The second kappa shape index (κ2) is 4.42. The van der Waals surface area contributed by atoms with Crippen LogP contribution in [0.4, 0.5) is 0 Å². The second-order valence-corrected chi connectivity index (χ2v) is 6.00. The summed E-state index contributed by atoms with van der Waals surface area (Å²) in [5.41, 5.74) is 3.01. The van der Waals surface area contributed by atoms with Crippen LogP contribution in [0.2, 0.25) is 0 Å². The Morgan fingerprint density at radius 3 is 1.95 bits per heavy atom. The van der Waals surface area contributed by atoms with Gasteiger partial charge in [0.15, 0.2) is 11.6 Å². The first-order valence-electron chi connectivity index (χ1n) is 6.06. The Kier molecular flexibility index (Phi) is 2.86. The van der Waals surface area contributed by atoms with Gasteiger partial charge in [-0.05, 0) is 24.6 Å². The van der Waals surface area contributed by atoms with Crippen molar-refractivity contribution in [2.45, 2.75) is 11.8 Å². The van der Waals surface area contributed by atoms with Crippen molar-refractivity contribution >= 4 is 27.5 Å². The third-order valence-electron chi connectivity index (χ3n) is 3.41. The molecule has 2 aromatic rings. The molecule has 0 aliphatic heterocycles. The molecule has 0 fully saturated rings. The molecule has 3 heteroatoms. The van der Waals surface area contributed by atoms with Crippen LogP contribution in [0, 0.1) is 0 Å². The lowest BCUT2D eigenvalue weighted by molar-refractivity contribution is 0.0979. The number of hydrogen-bond donors (Lipinski definition) is 0. The van der Waals surface area contributed by atoms with Crippen LogP contribution >= 0.6 is 15.9 Å². The summed E-state index contributed by atoms with van der Waals surface area (Å²) in [6.07, 6.45) is 0. The van der Waals surface area contributed by atoms with E-state index >= 15 is 0 Å². The van der Waals surface area contributed by atoms with Gasteiger partial charge in [-0.2, -0.15) is 0 Å². The molecule has 0 radical (unpaired) electrons. The van der Waals surface area contributed by atoms with Gasteiger partial charge in [-0.25, -0.2) is 0 Å². The summed E-state index contributed by atoms with van der Waals surface area (Å²) in [4.78, 5) is 25.0. The van der Waals surface area contributed by atoms with E-state index in [-0.39, 0.29) is 16.4 Å². The third kappa shape index (κ3) is 1.85. The average Bonchev–Trinajstić information content (AvgIpc) is 2.44. The van der Waals surface area contributed by atoms with Gasteiger partial charge in [0, 0.05) is 27.1 Å². The standard InChI is InChI=1S/C16H11BrO2/c1-9(17)10-6-7-13-14(8-10)16(19)12-5-3-2-4-11(12)15(13)18/h2-9H,1H3. The number of alkyl halides is 1. The first kappa shape index (κ1) is 12.3. The normalized spacial score (nSPS) is 14.8. The summed E-state index contributed by atoms with van der Waals surface area (Å²) in [7, 11) is 0. The van der Waals surface area contributed by atoms with E-state index in [1.165, 1.54) is 0 Å². The first-order valence-corrected chi connectivity index (χ1v) is 6.97. The van der Waals surface area contributed by atoms with Gasteiger partial charge >= 0.3 is 0 Å². The Morgan fingerprint density at radius 1 is 0.842 bits per heavy atom. The molecule has 3 rings (SSSR count). The van der Waals surface area contributed by atoms with Crippen molar-refractivity contribution in [3.05, 3.63) is 70.3 Å². The van der Waals surface area contributed by atoms with Crippen molar-refractivity contribution < 1.29 is 9.59 Å². The minimum atomic E-state index is -0.0704. The number of hydrogen-bond acceptors (Lipinski definition) is 2. The van der Waals surface area contributed by atoms with E-state index in [2.05, 4.69) is 15.9 Å². The van der Waals surface area contributed by atoms with E-state index < -0.39 is 0 Å². The largest absolute Gasteiger partial charge is 0.289 e. The van der Waals surface area contributed by atoms with Crippen LogP contribution in [-0.4, -0.2) is 11.6 Å². The monoisotopic (exact) mass is 314 g/mol. The highest BCUT2D eigenvalue weighted by molar-refractivity contribution is 9.09. The molecule has 2 nitrogen and oxygen atoms in total. The van der Waals surface area contributed by atoms with Crippen molar-refractivity contribution in [2.24, 2.45) is 0 Å². The van der Waals surface area contributed by atoms with Crippen molar-refractivity contribution in [3.63, 3.8) is 0 Å². The number of halogens is 1. The summed E-state index contributed by atoms with van der Waals surface area (Å²) in [6, 6.07) is 12.4. The molecule has 2 aromatic carbocycles. The zero-order chi connectivity index (χ0) is 13.6. The molecule has 1 unspecified atom stereocenters. The third-order valence-corrected chi connectivity index (χ3v) is 3.94. The Labute approximate surface area is 119 Å². The fourth-order valence-electron chi connectivity index (χ4n) is 2.36. The van der Waals surface area contributed by atoms with Crippen LogP contribution in [0.25, 0.3) is 0 Å². The average molecular weight is 315 g/mol. The van der Waals surface area contributed by atoms with Crippen molar-refractivity contribution in [3.8, 4) is 0 Å². The molecule has 0 saturated carbocycles. The summed E-state index contributed by atoms with van der Waals surface area (Å²) < 4.78 is 0. The molecule has 94 valence electrons. The Balaban J connectivity index is 2.24. The summed E-state index contributed by atoms with van der Waals surface area (Å²) in [6.45, 7) is 1.99. The lowest BCUT2D eigenvalue weighted by atomic mass is 9.83. The number of carbonyl (C=O) groups is 2.